The minimum atomic E-state index is -0.223. The molecule has 0 spiro atoms. The van der Waals surface area contributed by atoms with Crippen LogP contribution in [0.3, 0.4) is 0 Å². The molecule has 0 heterocycles. The van der Waals surface area contributed by atoms with E-state index in [1.54, 1.807) is 0 Å². The van der Waals surface area contributed by atoms with E-state index in [9.17, 15) is 5.11 Å². The number of aliphatic imine (C=N–C) groups is 1. The van der Waals surface area contributed by atoms with Gasteiger partial charge in [-0.1, -0.05) is 13.8 Å². The zero-order valence-electron chi connectivity index (χ0n) is 8.54. The van der Waals surface area contributed by atoms with Gasteiger partial charge in [-0.3, -0.25) is 4.99 Å². The van der Waals surface area contributed by atoms with E-state index in [0.29, 0.717) is 12.5 Å². The van der Waals surface area contributed by atoms with Crippen LogP contribution in [0, 0.1) is 5.41 Å². The summed E-state index contributed by atoms with van der Waals surface area (Å²) in [6.45, 7) is 6.68. The molecule has 2 atom stereocenters. The van der Waals surface area contributed by atoms with Gasteiger partial charge in [0.1, 0.15) is 0 Å². The fourth-order valence-electron chi connectivity index (χ4n) is 1.54. The Morgan fingerprint density at radius 2 is 2.31 bits per heavy atom. The topological polar surface area (TPSA) is 70.6 Å². The Morgan fingerprint density at radius 1 is 1.69 bits per heavy atom. The Kier molecular flexibility index (Phi) is 2.81. The van der Waals surface area contributed by atoms with Crippen molar-refractivity contribution in [1.29, 1.82) is 0 Å². The van der Waals surface area contributed by atoms with E-state index < -0.39 is 0 Å². The molecule has 0 radical (unpaired) electrons. The average Bonchev–Trinajstić information content (AvgIpc) is 2.04. The summed E-state index contributed by atoms with van der Waals surface area (Å²) in [7, 11) is 0. The van der Waals surface area contributed by atoms with Gasteiger partial charge in [0.25, 0.3) is 0 Å². The van der Waals surface area contributed by atoms with Crippen molar-refractivity contribution < 1.29 is 5.11 Å². The maximum absolute atomic E-state index is 9.47. The van der Waals surface area contributed by atoms with Crippen molar-refractivity contribution in [3.63, 3.8) is 0 Å². The normalized spacial score (nSPS) is 32.5. The molecular weight excluding hydrogens is 166 g/mol. The van der Waals surface area contributed by atoms with Crippen LogP contribution in [0.1, 0.15) is 27.2 Å². The molecule has 4 N–H and O–H groups in total. The third kappa shape index (κ3) is 1.94. The van der Waals surface area contributed by atoms with Gasteiger partial charge >= 0.3 is 0 Å². The smallest absolute Gasteiger partial charge is 0.188 e. The molecule has 0 aromatic carbocycles. The van der Waals surface area contributed by atoms with Crippen LogP contribution in [0.15, 0.2) is 4.99 Å². The summed E-state index contributed by atoms with van der Waals surface area (Å²) in [6.07, 6.45) is 0.534. The predicted molar refractivity (Wildman–Crippen MR) is 53.5 cm³/mol. The van der Waals surface area contributed by atoms with E-state index in [1.807, 2.05) is 20.8 Å². The second-order valence-electron chi connectivity index (χ2n) is 4.13. The standard InChI is InChI=1S/C9H19N3O/c1-4-11-8(10)12-6-5-7(13)9(6,2)3/h6-7,13H,4-5H2,1-3H3,(H3,10,11,12). The van der Waals surface area contributed by atoms with E-state index in [2.05, 4.69) is 10.3 Å². The number of aliphatic hydroxyl groups excluding tert-OH is 1. The summed E-state index contributed by atoms with van der Waals surface area (Å²) in [6, 6.07) is 0.248. The zero-order valence-corrected chi connectivity index (χ0v) is 8.54. The van der Waals surface area contributed by atoms with Crippen LogP contribution < -0.4 is 11.1 Å². The van der Waals surface area contributed by atoms with Crippen molar-refractivity contribution in [1.82, 2.24) is 5.32 Å². The van der Waals surface area contributed by atoms with Crippen molar-refractivity contribution in [2.45, 2.75) is 39.3 Å². The lowest BCUT2D eigenvalue weighted by molar-refractivity contribution is -0.0660. The Hall–Kier alpha value is -0.770. The highest BCUT2D eigenvalue weighted by atomic mass is 16.3. The van der Waals surface area contributed by atoms with Crippen LogP contribution in [-0.4, -0.2) is 29.8 Å². The van der Waals surface area contributed by atoms with E-state index in [0.717, 1.165) is 6.42 Å². The number of rotatable bonds is 2. The molecule has 0 aromatic rings. The van der Waals surface area contributed by atoms with Crippen molar-refractivity contribution >= 4 is 5.96 Å². The summed E-state index contributed by atoms with van der Waals surface area (Å²) in [4.78, 5) is 4.04. The first-order valence-electron chi connectivity index (χ1n) is 4.73. The van der Waals surface area contributed by atoms with Crippen LogP contribution in [-0.2, 0) is 0 Å². The molecule has 1 saturated carbocycles. The SMILES string of the molecule is CCN=C(N)NC1CC(O)C1(C)C. The fourth-order valence-corrected chi connectivity index (χ4v) is 1.54. The van der Waals surface area contributed by atoms with Gasteiger partial charge in [-0.25, -0.2) is 0 Å². The van der Waals surface area contributed by atoms with E-state index in [-0.39, 0.29) is 17.6 Å². The Balaban J connectivity index is 2.45. The van der Waals surface area contributed by atoms with Gasteiger partial charge in [0, 0.05) is 18.0 Å². The molecule has 0 bridgehead atoms. The second-order valence-corrected chi connectivity index (χ2v) is 4.13. The molecule has 1 aliphatic carbocycles. The first-order chi connectivity index (χ1) is 5.98. The second kappa shape index (κ2) is 3.54. The lowest BCUT2D eigenvalue weighted by Gasteiger charge is -2.49. The molecule has 0 saturated heterocycles. The van der Waals surface area contributed by atoms with Gasteiger partial charge in [-0.05, 0) is 13.3 Å². The van der Waals surface area contributed by atoms with Crippen LogP contribution in [0.2, 0.25) is 0 Å². The first-order valence-corrected chi connectivity index (χ1v) is 4.73. The zero-order chi connectivity index (χ0) is 10.1. The summed E-state index contributed by atoms with van der Waals surface area (Å²) in [5, 5.41) is 12.6. The van der Waals surface area contributed by atoms with Crippen LogP contribution in [0.5, 0.6) is 0 Å². The van der Waals surface area contributed by atoms with Gasteiger partial charge < -0.3 is 16.2 Å². The largest absolute Gasteiger partial charge is 0.392 e. The Bertz CT molecular complexity index is 213. The predicted octanol–water partition coefficient (Wildman–Crippen LogP) is 0.0700. The van der Waals surface area contributed by atoms with Crippen LogP contribution in [0.4, 0.5) is 0 Å². The van der Waals surface area contributed by atoms with Crippen molar-refractivity contribution in [3.05, 3.63) is 0 Å². The first kappa shape index (κ1) is 10.3. The quantitative estimate of drug-likeness (QED) is 0.421. The fraction of sp³-hybridized carbons (Fsp3) is 0.889. The van der Waals surface area contributed by atoms with Crippen molar-refractivity contribution in [3.8, 4) is 0 Å². The molecule has 2 unspecified atom stereocenters. The summed E-state index contributed by atoms with van der Waals surface area (Å²) >= 11 is 0. The number of guanidine groups is 1. The van der Waals surface area contributed by atoms with Gasteiger partial charge in [-0.15, -0.1) is 0 Å². The Labute approximate surface area is 79.2 Å². The highest BCUT2D eigenvalue weighted by Crippen LogP contribution is 2.40. The maximum atomic E-state index is 9.47. The summed E-state index contributed by atoms with van der Waals surface area (Å²) in [5.41, 5.74) is 5.53. The van der Waals surface area contributed by atoms with Gasteiger partial charge in [0.2, 0.25) is 0 Å². The third-order valence-electron chi connectivity index (χ3n) is 2.87. The number of aliphatic hydroxyl groups is 1. The van der Waals surface area contributed by atoms with Crippen LogP contribution in [0.25, 0.3) is 0 Å². The average molecular weight is 185 g/mol. The molecule has 1 aliphatic rings. The number of nitrogens with one attached hydrogen (secondary N) is 1. The molecular formula is C9H19N3O. The summed E-state index contributed by atoms with van der Waals surface area (Å²) in [5.74, 6) is 0.479. The molecule has 0 aliphatic heterocycles. The maximum Gasteiger partial charge on any atom is 0.188 e. The van der Waals surface area contributed by atoms with Gasteiger partial charge in [0.15, 0.2) is 5.96 Å². The number of nitrogens with zero attached hydrogens (tertiary/aromatic N) is 1. The molecule has 0 amide bonds. The molecule has 4 heteroatoms. The van der Waals surface area contributed by atoms with Crippen molar-refractivity contribution in [2.24, 2.45) is 16.1 Å². The van der Waals surface area contributed by atoms with E-state index in [1.165, 1.54) is 0 Å². The molecule has 0 aromatic heterocycles. The molecule has 1 rings (SSSR count). The lowest BCUT2D eigenvalue weighted by atomic mass is 9.65. The van der Waals surface area contributed by atoms with Gasteiger partial charge in [-0.2, -0.15) is 0 Å². The molecule has 1 fully saturated rings. The molecule has 76 valence electrons. The highest BCUT2D eigenvalue weighted by Gasteiger charge is 2.47. The van der Waals surface area contributed by atoms with E-state index >= 15 is 0 Å². The highest BCUT2D eigenvalue weighted by molar-refractivity contribution is 5.78. The number of nitrogens with two attached hydrogens (primary N) is 1. The third-order valence-corrected chi connectivity index (χ3v) is 2.87. The van der Waals surface area contributed by atoms with Crippen LogP contribution >= 0.6 is 0 Å². The van der Waals surface area contributed by atoms with Crippen molar-refractivity contribution in [2.75, 3.05) is 6.54 Å². The molecule has 13 heavy (non-hydrogen) atoms. The Morgan fingerprint density at radius 3 is 2.69 bits per heavy atom. The monoisotopic (exact) mass is 185 g/mol. The van der Waals surface area contributed by atoms with Gasteiger partial charge in [0.05, 0.1) is 6.10 Å². The lowest BCUT2D eigenvalue weighted by Crippen LogP contribution is -2.62. The number of hydrogen-bond donors (Lipinski definition) is 3. The minimum absolute atomic E-state index is 0.0894. The minimum Gasteiger partial charge on any atom is -0.392 e. The van der Waals surface area contributed by atoms with E-state index in [4.69, 9.17) is 5.73 Å². The molecule has 4 nitrogen and oxygen atoms in total. The summed E-state index contributed by atoms with van der Waals surface area (Å²) < 4.78 is 0. The number of hydrogen-bond acceptors (Lipinski definition) is 2.